The maximum absolute atomic E-state index is 9.78. The normalized spacial score (nSPS) is 13.1. The number of aromatic amines is 1. The third-order valence-corrected chi connectivity index (χ3v) is 2.54. The summed E-state index contributed by atoms with van der Waals surface area (Å²) in [6.45, 7) is 1.91. The highest BCUT2D eigenvalue weighted by Gasteiger charge is 2.13. The summed E-state index contributed by atoms with van der Waals surface area (Å²) >= 11 is 1.53. The Bertz CT molecular complexity index is 382. The van der Waals surface area contributed by atoms with Gasteiger partial charge in [-0.3, -0.25) is 5.10 Å². The van der Waals surface area contributed by atoms with Gasteiger partial charge in [0.05, 0.1) is 16.9 Å². The summed E-state index contributed by atoms with van der Waals surface area (Å²) in [7, 11) is 0. The Morgan fingerprint density at radius 1 is 1.62 bits per heavy atom. The van der Waals surface area contributed by atoms with Crippen molar-refractivity contribution in [2.45, 2.75) is 13.0 Å². The number of nitrogens with zero attached hydrogens (tertiary/aromatic N) is 2. The van der Waals surface area contributed by atoms with E-state index in [-0.39, 0.29) is 0 Å². The van der Waals surface area contributed by atoms with Crippen LogP contribution in [0.4, 0.5) is 0 Å². The fraction of sp³-hybridized carbons (Fsp3) is 0.250. The maximum Gasteiger partial charge on any atom is 0.125 e. The van der Waals surface area contributed by atoms with Crippen molar-refractivity contribution < 1.29 is 5.11 Å². The summed E-state index contributed by atoms with van der Waals surface area (Å²) in [6, 6.07) is 0. The molecule has 0 saturated carbocycles. The van der Waals surface area contributed by atoms with Crippen molar-refractivity contribution in [2.24, 2.45) is 0 Å². The lowest BCUT2D eigenvalue weighted by atomic mass is 10.2. The van der Waals surface area contributed by atoms with E-state index in [1.54, 1.807) is 12.4 Å². The summed E-state index contributed by atoms with van der Waals surface area (Å²) in [5, 5.41) is 19.0. The van der Waals surface area contributed by atoms with Gasteiger partial charge in [0.2, 0.25) is 0 Å². The standard InChI is InChI=1S/C8H9N3OS/c1-5-11-7(4-13-5)8(12)6-2-9-10-3-6/h2-4,8,12H,1H3,(H,9,10). The minimum absolute atomic E-state index is 0.663. The zero-order valence-electron chi connectivity index (χ0n) is 7.06. The van der Waals surface area contributed by atoms with Gasteiger partial charge in [0.25, 0.3) is 0 Å². The van der Waals surface area contributed by atoms with Gasteiger partial charge in [-0.15, -0.1) is 11.3 Å². The number of H-pyrrole nitrogens is 1. The Morgan fingerprint density at radius 2 is 2.46 bits per heavy atom. The number of aryl methyl sites for hydroxylation is 1. The Hall–Kier alpha value is -1.20. The summed E-state index contributed by atoms with van der Waals surface area (Å²) in [6.07, 6.45) is 2.60. The summed E-state index contributed by atoms with van der Waals surface area (Å²) in [5.41, 5.74) is 1.43. The first kappa shape index (κ1) is 8.40. The van der Waals surface area contributed by atoms with Crippen LogP contribution in [0.2, 0.25) is 0 Å². The van der Waals surface area contributed by atoms with E-state index >= 15 is 0 Å². The van der Waals surface area contributed by atoms with Gasteiger partial charge in [-0.1, -0.05) is 0 Å². The Labute approximate surface area is 79.3 Å². The Morgan fingerprint density at radius 3 is 3.00 bits per heavy atom. The van der Waals surface area contributed by atoms with Gasteiger partial charge >= 0.3 is 0 Å². The number of aliphatic hydroxyl groups is 1. The molecule has 2 rings (SSSR count). The smallest absolute Gasteiger partial charge is 0.125 e. The van der Waals surface area contributed by atoms with E-state index < -0.39 is 6.10 Å². The third-order valence-electron chi connectivity index (χ3n) is 1.75. The van der Waals surface area contributed by atoms with Crippen LogP contribution in [-0.4, -0.2) is 20.3 Å². The molecule has 0 aliphatic rings. The molecule has 0 saturated heterocycles. The van der Waals surface area contributed by atoms with Crippen LogP contribution >= 0.6 is 11.3 Å². The van der Waals surface area contributed by atoms with Crippen LogP contribution in [-0.2, 0) is 0 Å². The monoisotopic (exact) mass is 195 g/mol. The second-order valence-corrected chi connectivity index (χ2v) is 3.79. The first-order valence-corrected chi connectivity index (χ1v) is 4.74. The van der Waals surface area contributed by atoms with E-state index in [1.807, 2.05) is 12.3 Å². The quantitative estimate of drug-likeness (QED) is 0.758. The van der Waals surface area contributed by atoms with Crippen LogP contribution in [0.1, 0.15) is 22.4 Å². The predicted octanol–water partition coefficient (Wildman–Crippen LogP) is 1.26. The number of hydrogen-bond acceptors (Lipinski definition) is 4. The maximum atomic E-state index is 9.78. The lowest BCUT2D eigenvalue weighted by Gasteiger charge is -2.02. The predicted molar refractivity (Wildman–Crippen MR) is 49.5 cm³/mol. The van der Waals surface area contributed by atoms with Crippen LogP contribution in [0, 0.1) is 6.92 Å². The van der Waals surface area contributed by atoms with Crippen molar-refractivity contribution in [3.8, 4) is 0 Å². The molecule has 0 aliphatic carbocycles. The molecule has 0 fully saturated rings. The number of hydrogen-bond donors (Lipinski definition) is 2. The minimum atomic E-state index is -0.663. The molecule has 5 heteroatoms. The number of rotatable bonds is 2. The van der Waals surface area contributed by atoms with E-state index in [1.165, 1.54) is 11.3 Å². The largest absolute Gasteiger partial charge is 0.382 e. The summed E-state index contributed by atoms with van der Waals surface area (Å²) in [4.78, 5) is 4.19. The molecule has 0 aliphatic heterocycles. The zero-order chi connectivity index (χ0) is 9.26. The number of aliphatic hydroxyl groups excluding tert-OH is 1. The lowest BCUT2D eigenvalue weighted by Crippen LogP contribution is -1.98. The molecular formula is C8H9N3OS. The molecule has 0 aromatic carbocycles. The van der Waals surface area contributed by atoms with Gasteiger partial charge in [-0.25, -0.2) is 4.98 Å². The van der Waals surface area contributed by atoms with Crippen LogP contribution in [0.5, 0.6) is 0 Å². The molecular weight excluding hydrogens is 186 g/mol. The van der Waals surface area contributed by atoms with Crippen molar-refractivity contribution >= 4 is 11.3 Å². The van der Waals surface area contributed by atoms with Crippen LogP contribution in [0.25, 0.3) is 0 Å². The van der Waals surface area contributed by atoms with Gasteiger partial charge in [0.1, 0.15) is 6.10 Å². The number of aromatic nitrogens is 3. The van der Waals surface area contributed by atoms with Crippen molar-refractivity contribution in [1.82, 2.24) is 15.2 Å². The molecule has 2 aromatic heterocycles. The van der Waals surface area contributed by atoms with Crippen LogP contribution in [0.15, 0.2) is 17.8 Å². The molecule has 68 valence electrons. The molecule has 0 bridgehead atoms. The van der Waals surface area contributed by atoms with Gasteiger partial charge < -0.3 is 5.11 Å². The molecule has 0 amide bonds. The SMILES string of the molecule is Cc1nc(C(O)c2cn[nH]c2)cs1. The number of thiazole rings is 1. The first-order valence-electron chi connectivity index (χ1n) is 3.86. The van der Waals surface area contributed by atoms with Crippen molar-refractivity contribution in [1.29, 1.82) is 0 Å². The van der Waals surface area contributed by atoms with E-state index in [0.29, 0.717) is 5.69 Å². The van der Waals surface area contributed by atoms with Crippen LogP contribution in [0.3, 0.4) is 0 Å². The zero-order valence-corrected chi connectivity index (χ0v) is 7.88. The topological polar surface area (TPSA) is 61.8 Å². The van der Waals surface area contributed by atoms with E-state index in [9.17, 15) is 5.11 Å². The second-order valence-electron chi connectivity index (χ2n) is 2.73. The van der Waals surface area contributed by atoms with Gasteiger partial charge in [-0.2, -0.15) is 5.10 Å². The molecule has 2 aromatic rings. The molecule has 1 atom stereocenters. The third kappa shape index (κ3) is 1.61. The summed E-state index contributed by atoms with van der Waals surface area (Å²) < 4.78 is 0. The minimum Gasteiger partial charge on any atom is -0.382 e. The van der Waals surface area contributed by atoms with E-state index in [2.05, 4.69) is 15.2 Å². The molecule has 2 heterocycles. The van der Waals surface area contributed by atoms with Crippen molar-refractivity contribution in [2.75, 3.05) is 0 Å². The van der Waals surface area contributed by atoms with Crippen molar-refractivity contribution in [3.05, 3.63) is 34.0 Å². The highest BCUT2D eigenvalue weighted by atomic mass is 32.1. The van der Waals surface area contributed by atoms with E-state index in [4.69, 9.17) is 0 Å². The molecule has 13 heavy (non-hydrogen) atoms. The van der Waals surface area contributed by atoms with E-state index in [0.717, 1.165) is 10.6 Å². The average Bonchev–Trinajstić information content (AvgIpc) is 2.72. The first-order chi connectivity index (χ1) is 6.27. The number of nitrogens with one attached hydrogen (secondary N) is 1. The second kappa shape index (κ2) is 3.27. The van der Waals surface area contributed by atoms with Crippen LogP contribution < -0.4 is 0 Å². The molecule has 0 radical (unpaired) electrons. The van der Waals surface area contributed by atoms with Gasteiger partial charge in [0, 0.05) is 17.1 Å². The molecule has 0 spiro atoms. The van der Waals surface area contributed by atoms with Crippen molar-refractivity contribution in [3.63, 3.8) is 0 Å². The molecule has 2 N–H and O–H groups in total. The van der Waals surface area contributed by atoms with Gasteiger partial charge in [0.15, 0.2) is 0 Å². The Balaban J connectivity index is 2.28. The molecule has 4 nitrogen and oxygen atoms in total. The van der Waals surface area contributed by atoms with Gasteiger partial charge in [-0.05, 0) is 6.92 Å². The molecule has 1 unspecified atom stereocenters. The lowest BCUT2D eigenvalue weighted by molar-refractivity contribution is 0.216. The highest BCUT2D eigenvalue weighted by Crippen LogP contribution is 2.21. The Kier molecular flexibility index (Phi) is 2.12. The highest BCUT2D eigenvalue weighted by molar-refractivity contribution is 7.09. The fourth-order valence-corrected chi connectivity index (χ4v) is 1.72. The fourth-order valence-electron chi connectivity index (χ4n) is 1.09. The summed E-state index contributed by atoms with van der Waals surface area (Å²) in [5.74, 6) is 0. The average molecular weight is 195 g/mol.